The lowest BCUT2D eigenvalue weighted by atomic mass is 9.90. The number of hydrogen-bond donors (Lipinski definition) is 1. The van der Waals surface area contributed by atoms with Crippen molar-refractivity contribution in [3.05, 3.63) is 71.8 Å². The summed E-state index contributed by atoms with van der Waals surface area (Å²) in [5, 5.41) is 9.28. The fourth-order valence-corrected chi connectivity index (χ4v) is 2.78. The summed E-state index contributed by atoms with van der Waals surface area (Å²) in [4.78, 5) is 2.35. The van der Waals surface area contributed by atoms with Crippen molar-refractivity contribution in [3.63, 3.8) is 0 Å². The molecular formula is C19H25NO. The molecule has 2 aromatic carbocycles. The minimum Gasteiger partial charge on any atom is -0.395 e. The Hall–Kier alpha value is -1.64. The van der Waals surface area contributed by atoms with Crippen molar-refractivity contribution in [3.8, 4) is 0 Å². The summed E-state index contributed by atoms with van der Waals surface area (Å²) in [5.41, 5.74) is 2.67. The average Bonchev–Trinajstić information content (AvgIpc) is 2.54. The highest BCUT2D eigenvalue weighted by Crippen LogP contribution is 2.25. The van der Waals surface area contributed by atoms with Crippen LogP contribution in [0.4, 0.5) is 0 Å². The molecule has 0 atom stereocenters. The van der Waals surface area contributed by atoms with Crippen LogP contribution in [-0.2, 0) is 0 Å². The van der Waals surface area contributed by atoms with Gasteiger partial charge in [-0.15, -0.1) is 0 Å². The molecule has 2 nitrogen and oxygen atoms in total. The van der Waals surface area contributed by atoms with E-state index in [4.69, 9.17) is 0 Å². The second-order valence-electron chi connectivity index (χ2n) is 5.40. The lowest BCUT2D eigenvalue weighted by molar-refractivity contribution is 0.192. The van der Waals surface area contributed by atoms with Gasteiger partial charge in [0.25, 0.3) is 0 Å². The van der Waals surface area contributed by atoms with Crippen molar-refractivity contribution in [2.45, 2.75) is 19.3 Å². The van der Waals surface area contributed by atoms with Gasteiger partial charge >= 0.3 is 0 Å². The minimum absolute atomic E-state index is 0.219. The molecule has 2 rings (SSSR count). The van der Waals surface area contributed by atoms with Gasteiger partial charge in [0.2, 0.25) is 0 Å². The highest BCUT2D eigenvalue weighted by atomic mass is 16.3. The van der Waals surface area contributed by atoms with Crippen molar-refractivity contribution in [1.82, 2.24) is 4.90 Å². The van der Waals surface area contributed by atoms with Gasteiger partial charge < -0.3 is 10.0 Å². The van der Waals surface area contributed by atoms with Gasteiger partial charge in [-0.3, -0.25) is 0 Å². The summed E-state index contributed by atoms with van der Waals surface area (Å²) in [5.74, 6) is 0.352. The van der Waals surface area contributed by atoms with Crippen molar-refractivity contribution in [2.24, 2.45) is 0 Å². The molecular weight excluding hydrogens is 258 g/mol. The molecule has 0 aromatic heterocycles. The molecule has 0 amide bonds. The largest absolute Gasteiger partial charge is 0.395 e. The van der Waals surface area contributed by atoms with Gasteiger partial charge in [-0.25, -0.2) is 0 Å². The Bertz CT molecular complexity index is 452. The Kier molecular flexibility index (Phi) is 6.45. The first-order valence-corrected chi connectivity index (χ1v) is 7.78. The van der Waals surface area contributed by atoms with E-state index in [0.29, 0.717) is 5.92 Å². The third kappa shape index (κ3) is 4.69. The molecule has 0 aliphatic carbocycles. The van der Waals surface area contributed by atoms with Crippen molar-refractivity contribution >= 4 is 0 Å². The SMILES string of the molecule is CCCN(CCO)CC(c1ccccc1)c1ccccc1. The van der Waals surface area contributed by atoms with Crippen LogP contribution in [0.5, 0.6) is 0 Å². The molecule has 0 radical (unpaired) electrons. The van der Waals surface area contributed by atoms with Crippen molar-refractivity contribution in [2.75, 3.05) is 26.2 Å². The number of rotatable bonds is 8. The Morgan fingerprint density at radius 3 is 1.81 bits per heavy atom. The molecule has 1 N–H and O–H groups in total. The van der Waals surface area contributed by atoms with Gasteiger partial charge in [0, 0.05) is 19.0 Å². The molecule has 0 aliphatic rings. The summed E-state index contributed by atoms with van der Waals surface area (Å²) in [6.07, 6.45) is 1.11. The van der Waals surface area contributed by atoms with E-state index in [1.165, 1.54) is 11.1 Å². The maximum Gasteiger partial charge on any atom is 0.0558 e. The Morgan fingerprint density at radius 2 is 1.38 bits per heavy atom. The standard InChI is InChI=1S/C19H25NO/c1-2-13-20(14-15-21)16-19(17-9-5-3-6-10-17)18-11-7-4-8-12-18/h3-12,19,21H,2,13-16H2,1H3. The molecule has 0 saturated carbocycles. The Morgan fingerprint density at radius 1 is 0.857 bits per heavy atom. The predicted octanol–water partition coefficient (Wildman–Crippen LogP) is 3.52. The van der Waals surface area contributed by atoms with Gasteiger partial charge in [-0.05, 0) is 24.1 Å². The third-order valence-corrected chi connectivity index (χ3v) is 3.80. The van der Waals surface area contributed by atoms with E-state index in [9.17, 15) is 5.11 Å². The lowest BCUT2D eigenvalue weighted by Gasteiger charge is -2.27. The van der Waals surface area contributed by atoms with E-state index >= 15 is 0 Å². The second-order valence-corrected chi connectivity index (χ2v) is 5.40. The van der Waals surface area contributed by atoms with Crippen molar-refractivity contribution in [1.29, 1.82) is 0 Å². The maximum atomic E-state index is 9.28. The number of aliphatic hydroxyl groups is 1. The molecule has 0 fully saturated rings. The summed E-state index contributed by atoms with van der Waals surface area (Å²) < 4.78 is 0. The van der Waals surface area contributed by atoms with Gasteiger partial charge in [0.1, 0.15) is 0 Å². The normalized spacial score (nSPS) is 11.2. The molecule has 0 spiro atoms. The van der Waals surface area contributed by atoms with Crippen LogP contribution in [0, 0.1) is 0 Å². The van der Waals surface area contributed by atoms with E-state index in [1.807, 2.05) is 0 Å². The predicted molar refractivity (Wildman–Crippen MR) is 88.5 cm³/mol. The molecule has 21 heavy (non-hydrogen) atoms. The van der Waals surface area contributed by atoms with Crippen LogP contribution >= 0.6 is 0 Å². The van der Waals surface area contributed by atoms with E-state index in [1.54, 1.807) is 0 Å². The molecule has 2 heteroatoms. The highest BCUT2D eigenvalue weighted by molar-refractivity contribution is 5.32. The first kappa shape index (κ1) is 15.7. The molecule has 112 valence electrons. The van der Waals surface area contributed by atoms with Gasteiger partial charge in [-0.1, -0.05) is 67.6 Å². The number of aliphatic hydroxyl groups excluding tert-OH is 1. The smallest absolute Gasteiger partial charge is 0.0558 e. The first-order chi connectivity index (χ1) is 10.3. The maximum absolute atomic E-state index is 9.28. The Balaban J connectivity index is 2.24. The van der Waals surface area contributed by atoms with Gasteiger partial charge in [0.15, 0.2) is 0 Å². The zero-order valence-corrected chi connectivity index (χ0v) is 12.8. The van der Waals surface area contributed by atoms with E-state index < -0.39 is 0 Å². The topological polar surface area (TPSA) is 23.5 Å². The number of nitrogens with zero attached hydrogens (tertiary/aromatic N) is 1. The summed E-state index contributed by atoms with van der Waals surface area (Å²) >= 11 is 0. The van der Waals surface area contributed by atoms with E-state index in [-0.39, 0.29) is 6.61 Å². The molecule has 0 saturated heterocycles. The fourth-order valence-electron chi connectivity index (χ4n) is 2.78. The molecule has 0 aliphatic heterocycles. The van der Waals surface area contributed by atoms with Crippen LogP contribution in [0.3, 0.4) is 0 Å². The number of hydrogen-bond acceptors (Lipinski definition) is 2. The molecule has 0 bridgehead atoms. The summed E-state index contributed by atoms with van der Waals surface area (Å²) in [6.45, 7) is 5.11. The monoisotopic (exact) mass is 283 g/mol. The van der Waals surface area contributed by atoms with E-state index in [0.717, 1.165) is 26.1 Å². The summed E-state index contributed by atoms with van der Waals surface area (Å²) in [6, 6.07) is 21.3. The zero-order valence-electron chi connectivity index (χ0n) is 12.8. The molecule has 0 unspecified atom stereocenters. The first-order valence-electron chi connectivity index (χ1n) is 7.78. The van der Waals surface area contributed by atoms with E-state index in [2.05, 4.69) is 72.5 Å². The highest BCUT2D eigenvalue weighted by Gasteiger charge is 2.17. The summed E-state index contributed by atoms with van der Waals surface area (Å²) in [7, 11) is 0. The van der Waals surface area contributed by atoms with Crippen LogP contribution in [0.1, 0.15) is 30.4 Å². The zero-order chi connectivity index (χ0) is 14.9. The van der Waals surface area contributed by atoms with Crippen molar-refractivity contribution < 1.29 is 5.11 Å². The third-order valence-electron chi connectivity index (χ3n) is 3.80. The van der Waals surface area contributed by atoms with Crippen LogP contribution in [0.2, 0.25) is 0 Å². The fraction of sp³-hybridized carbons (Fsp3) is 0.368. The van der Waals surface area contributed by atoms with Crippen LogP contribution in [0.15, 0.2) is 60.7 Å². The van der Waals surface area contributed by atoms with Gasteiger partial charge in [-0.2, -0.15) is 0 Å². The average molecular weight is 283 g/mol. The quantitative estimate of drug-likeness (QED) is 0.801. The number of benzene rings is 2. The van der Waals surface area contributed by atoms with Gasteiger partial charge in [0.05, 0.1) is 6.61 Å². The molecule has 2 aromatic rings. The van der Waals surface area contributed by atoms with Crippen LogP contribution in [0.25, 0.3) is 0 Å². The minimum atomic E-state index is 0.219. The van der Waals surface area contributed by atoms with Crippen LogP contribution < -0.4 is 0 Å². The van der Waals surface area contributed by atoms with Crippen LogP contribution in [-0.4, -0.2) is 36.2 Å². The Labute approximate surface area is 128 Å². The molecule has 0 heterocycles. The lowest BCUT2D eigenvalue weighted by Crippen LogP contribution is -2.32. The second kappa shape index (κ2) is 8.60.